The number of hydrogen-bond donors (Lipinski definition) is 1. The second kappa shape index (κ2) is 4.08. The highest BCUT2D eigenvalue weighted by Crippen LogP contribution is 2.50. The minimum atomic E-state index is -0.410. The van der Waals surface area contributed by atoms with Crippen molar-refractivity contribution in [2.45, 2.75) is 32.4 Å². The fourth-order valence-electron chi connectivity index (χ4n) is 3.11. The van der Waals surface area contributed by atoms with E-state index in [4.69, 9.17) is 5.73 Å². The molecule has 0 saturated heterocycles. The second-order valence-corrected chi connectivity index (χ2v) is 5.82. The highest BCUT2D eigenvalue weighted by Gasteiger charge is 2.57. The Morgan fingerprint density at radius 3 is 2.63 bits per heavy atom. The Kier molecular flexibility index (Phi) is 2.62. The number of carbonyl (C=O) groups excluding carboxylic acids is 1. The molecular weight excluding hydrogens is 238 g/mol. The first-order chi connectivity index (χ1) is 9.03. The summed E-state index contributed by atoms with van der Waals surface area (Å²) in [6.07, 6.45) is 1.12. The van der Waals surface area contributed by atoms with E-state index in [0.717, 1.165) is 12.0 Å². The fourth-order valence-corrected chi connectivity index (χ4v) is 3.11. The average molecular weight is 257 g/mol. The summed E-state index contributed by atoms with van der Waals surface area (Å²) < 4.78 is 0. The van der Waals surface area contributed by atoms with Crippen LogP contribution in [0.2, 0.25) is 0 Å². The minimum Gasteiger partial charge on any atom is -0.385 e. The van der Waals surface area contributed by atoms with Gasteiger partial charge < -0.3 is 10.6 Å². The summed E-state index contributed by atoms with van der Waals surface area (Å²) in [4.78, 5) is 17.9. The van der Waals surface area contributed by atoms with Crippen LogP contribution in [0.5, 0.6) is 0 Å². The largest absolute Gasteiger partial charge is 0.385 e. The Balaban J connectivity index is 1.89. The normalized spacial score (nSPS) is 33.5. The first-order valence-electron chi connectivity index (χ1n) is 6.73. The van der Waals surface area contributed by atoms with Gasteiger partial charge in [0.05, 0.1) is 0 Å². The lowest BCUT2D eigenvalue weighted by molar-refractivity contribution is 0.159. The molecule has 4 nitrogen and oxygen atoms in total. The van der Waals surface area contributed by atoms with E-state index >= 15 is 0 Å². The Morgan fingerprint density at radius 1 is 1.42 bits per heavy atom. The number of urea groups is 1. The Bertz CT molecular complexity index is 540. The molecule has 4 heteroatoms. The molecule has 1 aliphatic heterocycles. The molecular formula is C15H19N3O. The molecule has 19 heavy (non-hydrogen) atoms. The highest BCUT2D eigenvalue weighted by molar-refractivity contribution is 6.06. The summed E-state index contributed by atoms with van der Waals surface area (Å²) in [6, 6.07) is 9.79. The van der Waals surface area contributed by atoms with Crippen molar-refractivity contribution in [2.24, 2.45) is 22.6 Å². The molecule has 3 unspecified atom stereocenters. The molecule has 1 fully saturated rings. The van der Waals surface area contributed by atoms with Gasteiger partial charge in [0.2, 0.25) is 0 Å². The van der Waals surface area contributed by atoms with E-state index in [0.29, 0.717) is 24.2 Å². The number of nitrogens with two attached hydrogens (primary N) is 1. The molecule has 1 aromatic rings. The van der Waals surface area contributed by atoms with Gasteiger partial charge in [-0.1, -0.05) is 37.3 Å². The van der Waals surface area contributed by atoms with E-state index in [9.17, 15) is 4.79 Å². The highest BCUT2D eigenvalue weighted by atomic mass is 16.2. The van der Waals surface area contributed by atoms with Crippen LogP contribution in [0.25, 0.3) is 0 Å². The number of nitrogens with zero attached hydrogens (tertiary/aromatic N) is 2. The maximum Gasteiger partial charge on any atom is 0.346 e. The molecule has 2 aliphatic rings. The minimum absolute atomic E-state index is 0.206. The van der Waals surface area contributed by atoms with Gasteiger partial charge in [-0.05, 0) is 30.7 Å². The maximum atomic E-state index is 12.1. The van der Waals surface area contributed by atoms with E-state index < -0.39 is 5.54 Å². The zero-order chi connectivity index (χ0) is 13.6. The maximum absolute atomic E-state index is 12.1. The van der Waals surface area contributed by atoms with Gasteiger partial charge in [0.1, 0.15) is 11.4 Å². The lowest BCUT2D eigenvalue weighted by Crippen LogP contribution is -2.53. The van der Waals surface area contributed by atoms with Crippen molar-refractivity contribution < 1.29 is 4.79 Å². The summed E-state index contributed by atoms with van der Waals surface area (Å²) in [6.45, 7) is 4.82. The van der Waals surface area contributed by atoms with E-state index in [1.54, 1.807) is 0 Å². The monoisotopic (exact) mass is 257 g/mol. The SMILES string of the molecule is CC1CC1C1(C)C(N)=NC(=O)N1Cc1ccccc1. The van der Waals surface area contributed by atoms with Crippen molar-refractivity contribution in [2.75, 3.05) is 0 Å². The summed E-state index contributed by atoms with van der Waals surface area (Å²) in [7, 11) is 0. The van der Waals surface area contributed by atoms with Crippen molar-refractivity contribution in [3.05, 3.63) is 35.9 Å². The van der Waals surface area contributed by atoms with Gasteiger partial charge in [0.15, 0.2) is 0 Å². The van der Waals surface area contributed by atoms with Crippen molar-refractivity contribution in [1.82, 2.24) is 4.90 Å². The zero-order valence-corrected chi connectivity index (χ0v) is 11.3. The number of aliphatic imine (C=N–C) groups is 1. The van der Waals surface area contributed by atoms with Crippen LogP contribution in [0.3, 0.4) is 0 Å². The second-order valence-electron chi connectivity index (χ2n) is 5.82. The molecule has 100 valence electrons. The van der Waals surface area contributed by atoms with Gasteiger partial charge in [0, 0.05) is 6.54 Å². The van der Waals surface area contributed by atoms with Crippen molar-refractivity contribution in [1.29, 1.82) is 0 Å². The molecule has 0 radical (unpaired) electrons. The molecule has 0 aromatic heterocycles. The van der Waals surface area contributed by atoms with E-state index in [2.05, 4.69) is 11.9 Å². The first-order valence-corrected chi connectivity index (χ1v) is 6.73. The molecule has 3 rings (SSSR count). The lowest BCUT2D eigenvalue weighted by Gasteiger charge is -2.35. The van der Waals surface area contributed by atoms with Crippen LogP contribution in [0.1, 0.15) is 25.8 Å². The van der Waals surface area contributed by atoms with Crippen LogP contribution in [0, 0.1) is 11.8 Å². The quantitative estimate of drug-likeness (QED) is 0.903. The Hall–Kier alpha value is -1.84. The van der Waals surface area contributed by atoms with Gasteiger partial charge in [-0.2, -0.15) is 4.99 Å². The zero-order valence-electron chi connectivity index (χ0n) is 11.3. The molecule has 3 atom stereocenters. The number of rotatable bonds is 3. The van der Waals surface area contributed by atoms with Gasteiger partial charge in [-0.15, -0.1) is 0 Å². The molecule has 0 bridgehead atoms. The predicted octanol–water partition coefficient (Wildman–Crippen LogP) is 2.39. The van der Waals surface area contributed by atoms with Crippen LogP contribution in [-0.2, 0) is 6.54 Å². The van der Waals surface area contributed by atoms with Gasteiger partial charge in [-0.3, -0.25) is 0 Å². The van der Waals surface area contributed by atoms with Crippen LogP contribution in [-0.4, -0.2) is 22.3 Å². The lowest BCUT2D eigenvalue weighted by atomic mass is 9.91. The third-order valence-electron chi connectivity index (χ3n) is 4.54. The number of hydrogen-bond acceptors (Lipinski definition) is 2. The van der Waals surface area contributed by atoms with E-state index in [1.165, 1.54) is 0 Å². The van der Waals surface area contributed by atoms with Crippen molar-refractivity contribution in [3.8, 4) is 0 Å². The molecule has 1 aromatic carbocycles. The van der Waals surface area contributed by atoms with E-state index in [-0.39, 0.29) is 6.03 Å². The molecule has 2 amide bonds. The van der Waals surface area contributed by atoms with Crippen molar-refractivity contribution in [3.63, 3.8) is 0 Å². The standard InChI is InChI=1S/C15H19N3O/c1-10-8-12(10)15(2)13(16)17-14(19)18(15)9-11-6-4-3-5-7-11/h3-7,10,12H,8-9H2,1-2H3,(H2,16,17,19). The number of amides is 2. The summed E-state index contributed by atoms with van der Waals surface area (Å²) >= 11 is 0. The topological polar surface area (TPSA) is 58.7 Å². The average Bonchev–Trinajstić information content (AvgIpc) is 3.09. The van der Waals surface area contributed by atoms with Crippen LogP contribution < -0.4 is 5.73 Å². The smallest absolute Gasteiger partial charge is 0.346 e. The number of benzene rings is 1. The summed E-state index contributed by atoms with van der Waals surface area (Å²) in [5.41, 5.74) is 6.74. The fraction of sp³-hybridized carbons (Fsp3) is 0.467. The number of amidine groups is 1. The first kappa shape index (κ1) is 12.2. The number of carbonyl (C=O) groups is 1. The van der Waals surface area contributed by atoms with Crippen LogP contribution >= 0.6 is 0 Å². The molecule has 1 saturated carbocycles. The van der Waals surface area contributed by atoms with Gasteiger partial charge in [0.25, 0.3) is 0 Å². The molecule has 2 N–H and O–H groups in total. The third-order valence-corrected chi connectivity index (χ3v) is 4.54. The molecule has 1 aliphatic carbocycles. The third kappa shape index (κ3) is 1.82. The van der Waals surface area contributed by atoms with Gasteiger partial charge >= 0.3 is 6.03 Å². The van der Waals surface area contributed by atoms with Crippen LogP contribution in [0.4, 0.5) is 4.79 Å². The predicted molar refractivity (Wildman–Crippen MR) is 74.7 cm³/mol. The molecule has 1 heterocycles. The summed E-state index contributed by atoms with van der Waals surface area (Å²) in [5, 5.41) is 0. The summed E-state index contributed by atoms with van der Waals surface area (Å²) in [5.74, 6) is 1.53. The molecule has 0 spiro atoms. The van der Waals surface area contributed by atoms with Crippen molar-refractivity contribution >= 4 is 11.9 Å². The van der Waals surface area contributed by atoms with E-state index in [1.807, 2.05) is 42.2 Å². The Labute approximate surface area is 113 Å². The Morgan fingerprint density at radius 2 is 2.05 bits per heavy atom. The van der Waals surface area contributed by atoms with Crippen LogP contribution in [0.15, 0.2) is 35.3 Å². The van der Waals surface area contributed by atoms with Gasteiger partial charge in [-0.25, -0.2) is 4.79 Å².